The molecule has 0 aliphatic heterocycles. The third kappa shape index (κ3) is 4.08. The van der Waals surface area contributed by atoms with Crippen molar-refractivity contribution >= 4 is 5.91 Å². The second-order valence-electron chi connectivity index (χ2n) is 5.11. The number of nitrogens with one attached hydrogen (secondary N) is 1. The van der Waals surface area contributed by atoms with Crippen LogP contribution in [0.2, 0.25) is 0 Å². The third-order valence-electron chi connectivity index (χ3n) is 3.09. The summed E-state index contributed by atoms with van der Waals surface area (Å²) in [6, 6.07) is 6.80. The monoisotopic (exact) mass is 304 g/mol. The van der Waals surface area contributed by atoms with E-state index in [1.54, 1.807) is 24.3 Å². The molecule has 22 heavy (non-hydrogen) atoms. The van der Waals surface area contributed by atoms with Gasteiger partial charge in [-0.2, -0.15) is 0 Å². The zero-order chi connectivity index (χ0) is 15.9. The minimum atomic E-state index is -0.223. The average Bonchev–Trinajstić information content (AvgIpc) is 3.00. The van der Waals surface area contributed by atoms with Crippen LogP contribution in [0.3, 0.4) is 0 Å². The Morgan fingerprint density at radius 3 is 2.73 bits per heavy atom. The van der Waals surface area contributed by atoms with E-state index in [1.165, 1.54) is 6.39 Å². The van der Waals surface area contributed by atoms with Gasteiger partial charge in [0.1, 0.15) is 23.8 Å². The molecule has 1 amide bonds. The van der Waals surface area contributed by atoms with Crippen LogP contribution in [0, 0.1) is 0 Å². The highest BCUT2D eigenvalue weighted by atomic mass is 16.5. The number of hydrogen-bond acceptors (Lipinski definition) is 5. The fourth-order valence-electron chi connectivity index (χ4n) is 1.98. The van der Waals surface area contributed by atoms with E-state index in [0.29, 0.717) is 17.9 Å². The smallest absolute Gasteiger partial charge is 0.251 e. The van der Waals surface area contributed by atoms with E-state index in [2.05, 4.69) is 10.3 Å². The van der Waals surface area contributed by atoms with Crippen LogP contribution in [-0.2, 0) is 6.61 Å². The quantitative estimate of drug-likeness (QED) is 0.818. The fourth-order valence-corrected chi connectivity index (χ4v) is 1.98. The van der Waals surface area contributed by atoms with Gasteiger partial charge in [-0.1, -0.05) is 13.8 Å². The van der Waals surface area contributed by atoms with E-state index in [4.69, 9.17) is 14.3 Å². The summed E-state index contributed by atoms with van der Waals surface area (Å²) < 4.78 is 11.0. The normalized spacial score (nSPS) is 10.7. The van der Waals surface area contributed by atoms with Gasteiger partial charge in [0.05, 0.1) is 6.61 Å². The van der Waals surface area contributed by atoms with E-state index in [9.17, 15) is 4.79 Å². The lowest BCUT2D eigenvalue weighted by Gasteiger charge is -2.08. The first-order chi connectivity index (χ1) is 10.6. The van der Waals surface area contributed by atoms with Crippen LogP contribution in [0.25, 0.3) is 0 Å². The van der Waals surface area contributed by atoms with Crippen molar-refractivity contribution in [3.05, 3.63) is 47.7 Å². The summed E-state index contributed by atoms with van der Waals surface area (Å²) in [6.07, 6.45) is 1.42. The Morgan fingerprint density at radius 2 is 2.09 bits per heavy atom. The highest BCUT2D eigenvalue weighted by Gasteiger charge is 2.12. The Labute approximate surface area is 129 Å². The van der Waals surface area contributed by atoms with Crippen molar-refractivity contribution in [2.45, 2.75) is 26.4 Å². The number of amides is 1. The number of hydrogen-bond donors (Lipinski definition) is 2. The zero-order valence-corrected chi connectivity index (χ0v) is 12.7. The van der Waals surface area contributed by atoms with Gasteiger partial charge in [-0.05, 0) is 24.3 Å². The summed E-state index contributed by atoms with van der Waals surface area (Å²) in [5, 5.41) is 11.3. The van der Waals surface area contributed by atoms with Crippen LogP contribution in [-0.4, -0.2) is 29.1 Å². The first kappa shape index (κ1) is 16.0. The number of aromatic nitrogens is 1. The molecule has 0 radical (unpaired) electrons. The third-order valence-corrected chi connectivity index (χ3v) is 3.09. The first-order valence-corrected chi connectivity index (χ1v) is 7.16. The van der Waals surface area contributed by atoms with Gasteiger partial charge in [-0.3, -0.25) is 4.79 Å². The van der Waals surface area contributed by atoms with E-state index < -0.39 is 0 Å². The van der Waals surface area contributed by atoms with Crippen LogP contribution < -0.4 is 10.1 Å². The summed E-state index contributed by atoms with van der Waals surface area (Å²) in [5.74, 6) is 1.49. The number of carbonyl (C=O) groups is 1. The molecule has 6 nitrogen and oxygen atoms in total. The molecule has 0 bridgehead atoms. The Bertz CT molecular complexity index is 605. The summed E-state index contributed by atoms with van der Waals surface area (Å²) >= 11 is 0. The molecule has 0 unspecified atom stereocenters. The van der Waals surface area contributed by atoms with Gasteiger partial charge in [0.15, 0.2) is 6.39 Å². The van der Waals surface area contributed by atoms with Gasteiger partial charge in [-0.25, -0.2) is 4.98 Å². The van der Waals surface area contributed by atoms with Crippen LogP contribution in [0.4, 0.5) is 0 Å². The number of ether oxygens (including phenoxy) is 1. The average molecular weight is 304 g/mol. The Balaban J connectivity index is 1.94. The fraction of sp³-hybridized carbons (Fsp3) is 0.375. The maximum absolute atomic E-state index is 11.7. The minimum absolute atomic E-state index is 0.0805. The summed E-state index contributed by atoms with van der Waals surface area (Å²) in [7, 11) is 0. The number of aliphatic hydroxyl groups is 1. The van der Waals surface area contributed by atoms with Crippen LogP contribution in [0.15, 0.2) is 35.1 Å². The minimum Gasteiger partial charge on any atom is -0.487 e. The number of oxazole rings is 1. The topological polar surface area (TPSA) is 84.6 Å². The van der Waals surface area contributed by atoms with Crippen LogP contribution in [0.5, 0.6) is 5.75 Å². The van der Waals surface area contributed by atoms with E-state index in [0.717, 1.165) is 11.5 Å². The van der Waals surface area contributed by atoms with Gasteiger partial charge < -0.3 is 19.6 Å². The number of carbonyl (C=O) groups excluding carboxylic acids is 1. The molecule has 2 aromatic rings. The lowest BCUT2D eigenvalue weighted by atomic mass is 10.1. The molecule has 1 aromatic carbocycles. The van der Waals surface area contributed by atoms with Gasteiger partial charge >= 0.3 is 0 Å². The Kier molecular flexibility index (Phi) is 5.55. The van der Waals surface area contributed by atoms with Crippen molar-refractivity contribution in [3.63, 3.8) is 0 Å². The molecule has 0 saturated carbocycles. The molecule has 1 heterocycles. The number of aliphatic hydroxyl groups excluding tert-OH is 1. The van der Waals surface area contributed by atoms with Crippen LogP contribution in [0.1, 0.15) is 41.6 Å². The standard InChI is InChI=1S/C16H20N2O4/c1-11(2)15-14(18-10-22-15)9-21-13-5-3-12(4-6-13)16(20)17-7-8-19/h3-6,10-11,19H,7-9H2,1-2H3,(H,17,20). The number of rotatable bonds is 7. The SMILES string of the molecule is CC(C)c1ocnc1COc1ccc(C(=O)NCCO)cc1. The van der Waals surface area contributed by atoms with Crippen molar-refractivity contribution in [3.8, 4) is 5.75 Å². The molecule has 0 atom stereocenters. The molecule has 0 fully saturated rings. The van der Waals surface area contributed by atoms with Gasteiger partial charge in [0, 0.05) is 18.0 Å². The summed E-state index contributed by atoms with van der Waals surface area (Å²) in [5.41, 5.74) is 1.30. The Hall–Kier alpha value is -2.34. The molecule has 0 aliphatic carbocycles. The lowest BCUT2D eigenvalue weighted by Crippen LogP contribution is -2.26. The predicted molar refractivity (Wildman–Crippen MR) is 80.8 cm³/mol. The van der Waals surface area contributed by atoms with E-state index in [-0.39, 0.29) is 25.0 Å². The summed E-state index contributed by atoms with van der Waals surface area (Å²) in [6.45, 7) is 4.54. The van der Waals surface area contributed by atoms with Crippen molar-refractivity contribution < 1.29 is 19.1 Å². The molecule has 2 N–H and O–H groups in total. The van der Waals surface area contributed by atoms with Crippen molar-refractivity contribution in [1.29, 1.82) is 0 Å². The van der Waals surface area contributed by atoms with Crippen molar-refractivity contribution in [2.75, 3.05) is 13.2 Å². The van der Waals surface area contributed by atoms with Gasteiger partial charge in [0.25, 0.3) is 5.91 Å². The van der Waals surface area contributed by atoms with Crippen molar-refractivity contribution in [2.24, 2.45) is 0 Å². The highest BCUT2D eigenvalue weighted by Crippen LogP contribution is 2.20. The van der Waals surface area contributed by atoms with E-state index in [1.807, 2.05) is 13.8 Å². The van der Waals surface area contributed by atoms with E-state index >= 15 is 0 Å². The molecular weight excluding hydrogens is 284 g/mol. The molecule has 1 aromatic heterocycles. The highest BCUT2D eigenvalue weighted by molar-refractivity contribution is 5.94. The molecule has 6 heteroatoms. The largest absolute Gasteiger partial charge is 0.487 e. The number of nitrogens with zero attached hydrogens (tertiary/aromatic N) is 1. The predicted octanol–water partition coefficient (Wildman–Crippen LogP) is 2.10. The molecule has 0 saturated heterocycles. The zero-order valence-electron chi connectivity index (χ0n) is 12.7. The second kappa shape index (κ2) is 7.61. The van der Waals surface area contributed by atoms with Gasteiger partial charge in [-0.15, -0.1) is 0 Å². The lowest BCUT2D eigenvalue weighted by molar-refractivity contribution is 0.0944. The maximum atomic E-state index is 11.7. The molecule has 0 aliphatic rings. The second-order valence-corrected chi connectivity index (χ2v) is 5.11. The van der Waals surface area contributed by atoms with Crippen LogP contribution >= 0.6 is 0 Å². The number of benzene rings is 1. The molecular formula is C16H20N2O4. The maximum Gasteiger partial charge on any atom is 0.251 e. The first-order valence-electron chi connectivity index (χ1n) is 7.16. The molecule has 118 valence electrons. The molecule has 2 rings (SSSR count). The van der Waals surface area contributed by atoms with Gasteiger partial charge in [0.2, 0.25) is 0 Å². The summed E-state index contributed by atoms with van der Waals surface area (Å²) in [4.78, 5) is 15.8. The Morgan fingerprint density at radius 1 is 1.36 bits per heavy atom. The molecule has 0 spiro atoms. The van der Waals surface area contributed by atoms with Crippen molar-refractivity contribution in [1.82, 2.24) is 10.3 Å².